The van der Waals surface area contributed by atoms with Gasteiger partial charge >= 0.3 is 5.69 Å². The summed E-state index contributed by atoms with van der Waals surface area (Å²) in [6, 6.07) is 5.14. The van der Waals surface area contributed by atoms with Gasteiger partial charge in [0.25, 0.3) is 5.91 Å². The molecule has 0 radical (unpaired) electrons. The number of rotatable bonds is 5. The minimum absolute atomic E-state index is 0.132. The highest BCUT2D eigenvalue weighted by Crippen LogP contribution is 2.10. The van der Waals surface area contributed by atoms with Gasteiger partial charge < -0.3 is 9.84 Å². The monoisotopic (exact) mass is 320 g/mol. The van der Waals surface area contributed by atoms with E-state index < -0.39 is 0 Å². The van der Waals surface area contributed by atoms with E-state index in [0.29, 0.717) is 10.7 Å². The Bertz CT molecular complexity index is 831. The fraction of sp³-hybridized carbons (Fsp3) is 0.250. The second-order valence-corrected chi connectivity index (χ2v) is 5.36. The van der Waals surface area contributed by atoms with Gasteiger partial charge in [-0.25, -0.2) is 4.79 Å². The fourth-order valence-corrected chi connectivity index (χ4v) is 2.44. The van der Waals surface area contributed by atoms with Crippen molar-refractivity contribution in [3.63, 3.8) is 0 Å². The van der Waals surface area contributed by atoms with E-state index in [0.717, 1.165) is 0 Å². The number of thiophene rings is 1. The molecule has 0 aliphatic heterocycles. The molecule has 9 nitrogen and oxygen atoms in total. The van der Waals surface area contributed by atoms with E-state index in [4.69, 9.17) is 4.52 Å². The molecule has 3 aromatic heterocycles. The van der Waals surface area contributed by atoms with E-state index in [2.05, 4.69) is 20.9 Å². The van der Waals surface area contributed by atoms with Crippen molar-refractivity contribution < 1.29 is 9.32 Å². The number of nitrogens with one attached hydrogen (secondary N) is 1. The molecule has 0 saturated carbocycles. The highest BCUT2D eigenvalue weighted by molar-refractivity contribution is 7.12. The Balaban J connectivity index is 1.61. The molecule has 0 atom stereocenters. The van der Waals surface area contributed by atoms with E-state index in [9.17, 15) is 9.59 Å². The van der Waals surface area contributed by atoms with Crippen LogP contribution < -0.4 is 11.0 Å². The highest BCUT2D eigenvalue weighted by atomic mass is 32.1. The number of hydrogen-bond acceptors (Lipinski definition) is 7. The number of tetrazole rings is 1. The van der Waals surface area contributed by atoms with Crippen LogP contribution in [0, 0.1) is 6.92 Å². The zero-order chi connectivity index (χ0) is 15.5. The SMILES string of the molecule is Cc1cc(C(=O)NCCn2nnn(-c3cccs3)c2=O)on1. The van der Waals surface area contributed by atoms with Gasteiger partial charge in [-0.1, -0.05) is 5.16 Å². The third kappa shape index (κ3) is 2.81. The van der Waals surface area contributed by atoms with Crippen molar-refractivity contribution in [3.8, 4) is 5.00 Å². The highest BCUT2D eigenvalue weighted by Gasteiger charge is 2.12. The molecule has 10 heteroatoms. The predicted octanol–water partition coefficient (Wildman–Crippen LogP) is 0.217. The van der Waals surface area contributed by atoms with Gasteiger partial charge in [0, 0.05) is 12.6 Å². The normalized spacial score (nSPS) is 10.8. The van der Waals surface area contributed by atoms with Crippen molar-refractivity contribution in [3.05, 3.63) is 45.5 Å². The van der Waals surface area contributed by atoms with E-state index in [1.54, 1.807) is 13.0 Å². The van der Waals surface area contributed by atoms with Gasteiger partial charge in [0.2, 0.25) is 5.76 Å². The fourth-order valence-electron chi connectivity index (χ4n) is 1.78. The Morgan fingerprint density at radius 2 is 2.32 bits per heavy atom. The first-order valence-corrected chi connectivity index (χ1v) is 7.31. The van der Waals surface area contributed by atoms with Crippen LogP contribution in [-0.2, 0) is 6.54 Å². The maximum Gasteiger partial charge on any atom is 0.369 e. The molecule has 22 heavy (non-hydrogen) atoms. The largest absolute Gasteiger partial charge is 0.369 e. The standard InChI is InChI=1S/C12H12N6O3S/c1-8-7-9(21-14-8)11(19)13-4-5-17-12(20)18(16-15-17)10-3-2-6-22-10/h2-3,6-7H,4-5H2,1H3,(H,13,19). The molecule has 114 valence electrons. The average Bonchev–Trinajstić information content (AvgIpc) is 3.21. The molecule has 1 N–H and O–H groups in total. The zero-order valence-electron chi connectivity index (χ0n) is 11.6. The summed E-state index contributed by atoms with van der Waals surface area (Å²) in [7, 11) is 0. The van der Waals surface area contributed by atoms with E-state index in [1.165, 1.54) is 26.8 Å². The summed E-state index contributed by atoms with van der Waals surface area (Å²) < 4.78 is 7.25. The molecule has 3 heterocycles. The van der Waals surface area contributed by atoms with Gasteiger partial charge in [-0.15, -0.1) is 11.3 Å². The molecular weight excluding hydrogens is 308 g/mol. The van der Waals surface area contributed by atoms with E-state index in [1.807, 2.05) is 11.4 Å². The van der Waals surface area contributed by atoms with Crippen molar-refractivity contribution in [2.24, 2.45) is 0 Å². The van der Waals surface area contributed by atoms with Crippen LogP contribution in [0.1, 0.15) is 16.2 Å². The Hall–Kier alpha value is -2.75. The zero-order valence-corrected chi connectivity index (χ0v) is 12.4. The second-order valence-electron chi connectivity index (χ2n) is 4.44. The number of nitrogens with zero attached hydrogens (tertiary/aromatic N) is 5. The van der Waals surface area contributed by atoms with Crippen molar-refractivity contribution in [2.75, 3.05) is 6.54 Å². The first-order chi connectivity index (χ1) is 10.6. The number of aromatic nitrogens is 5. The predicted molar refractivity (Wildman–Crippen MR) is 77.1 cm³/mol. The Morgan fingerprint density at radius 1 is 1.45 bits per heavy atom. The van der Waals surface area contributed by atoms with Crippen LogP contribution in [0.4, 0.5) is 0 Å². The minimum atomic E-state index is -0.390. The summed E-state index contributed by atoms with van der Waals surface area (Å²) in [6.45, 7) is 2.16. The van der Waals surface area contributed by atoms with E-state index >= 15 is 0 Å². The van der Waals surface area contributed by atoms with Gasteiger partial charge in [-0.05, 0) is 34.9 Å². The second kappa shape index (κ2) is 5.93. The summed E-state index contributed by atoms with van der Waals surface area (Å²) >= 11 is 1.39. The third-order valence-corrected chi connectivity index (χ3v) is 3.66. The number of carbonyl (C=O) groups is 1. The first kappa shape index (κ1) is 14.2. The molecular formula is C12H12N6O3S. The van der Waals surface area contributed by atoms with Gasteiger partial charge in [0.1, 0.15) is 5.00 Å². The van der Waals surface area contributed by atoms with Gasteiger partial charge in [0.05, 0.1) is 12.2 Å². The van der Waals surface area contributed by atoms with Gasteiger partial charge in [-0.3, -0.25) is 4.79 Å². The first-order valence-electron chi connectivity index (χ1n) is 6.43. The van der Waals surface area contributed by atoms with Crippen molar-refractivity contribution >= 4 is 17.2 Å². The van der Waals surface area contributed by atoms with E-state index in [-0.39, 0.29) is 30.4 Å². The molecule has 0 bridgehead atoms. The molecule has 0 unspecified atom stereocenters. The van der Waals surface area contributed by atoms with Gasteiger partial charge in [-0.2, -0.15) is 9.36 Å². The number of aryl methyl sites for hydroxylation is 1. The van der Waals surface area contributed by atoms with Crippen molar-refractivity contribution in [1.82, 2.24) is 30.3 Å². The molecule has 0 saturated heterocycles. The summed E-state index contributed by atoms with van der Waals surface area (Å²) in [6.07, 6.45) is 0. The minimum Gasteiger partial charge on any atom is -0.351 e. The number of amides is 1. The van der Waals surface area contributed by atoms with Crippen LogP contribution in [0.15, 0.2) is 32.9 Å². The maximum absolute atomic E-state index is 12.1. The molecule has 0 aromatic carbocycles. The summed E-state index contributed by atoms with van der Waals surface area (Å²) in [5.74, 6) is -0.258. The number of hydrogen-bond donors (Lipinski definition) is 1. The molecule has 0 aliphatic rings. The summed E-state index contributed by atoms with van der Waals surface area (Å²) in [5, 5.41) is 16.4. The number of carbonyl (C=O) groups excluding carboxylic acids is 1. The third-order valence-electron chi connectivity index (χ3n) is 2.82. The van der Waals surface area contributed by atoms with Crippen LogP contribution in [0.3, 0.4) is 0 Å². The smallest absolute Gasteiger partial charge is 0.351 e. The summed E-state index contributed by atoms with van der Waals surface area (Å²) in [4.78, 5) is 23.8. The molecule has 3 aromatic rings. The van der Waals surface area contributed by atoms with Crippen molar-refractivity contribution in [1.29, 1.82) is 0 Å². The van der Waals surface area contributed by atoms with Crippen LogP contribution in [0.2, 0.25) is 0 Å². The average molecular weight is 320 g/mol. The lowest BCUT2D eigenvalue weighted by Gasteiger charge is -2.01. The van der Waals surface area contributed by atoms with Crippen LogP contribution in [0.25, 0.3) is 5.00 Å². The van der Waals surface area contributed by atoms with Gasteiger partial charge in [0.15, 0.2) is 0 Å². The molecule has 3 rings (SSSR count). The maximum atomic E-state index is 12.1. The molecule has 1 amide bonds. The Morgan fingerprint density at radius 3 is 3.00 bits per heavy atom. The van der Waals surface area contributed by atoms with Crippen LogP contribution in [0.5, 0.6) is 0 Å². The van der Waals surface area contributed by atoms with Crippen LogP contribution in [-0.4, -0.2) is 37.4 Å². The Labute approximate surface area is 128 Å². The lowest BCUT2D eigenvalue weighted by Crippen LogP contribution is -2.31. The van der Waals surface area contributed by atoms with Crippen molar-refractivity contribution in [2.45, 2.75) is 13.5 Å². The molecule has 0 fully saturated rings. The Kier molecular flexibility index (Phi) is 3.83. The van der Waals surface area contributed by atoms with Crippen LogP contribution >= 0.6 is 11.3 Å². The lowest BCUT2D eigenvalue weighted by molar-refractivity contribution is 0.0914. The summed E-state index contributed by atoms with van der Waals surface area (Å²) in [5.41, 5.74) is 0.271. The quantitative estimate of drug-likeness (QED) is 0.720. The molecule has 0 aliphatic carbocycles. The molecule has 0 spiro atoms. The topological polar surface area (TPSA) is 108 Å². The lowest BCUT2D eigenvalue weighted by atomic mass is 10.3.